The van der Waals surface area contributed by atoms with Gasteiger partial charge in [-0.25, -0.2) is 4.68 Å². The molecule has 0 radical (unpaired) electrons. The summed E-state index contributed by atoms with van der Waals surface area (Å²) >= 11 is 1.66. The third-order valence-corrected chi connectivity index (χ3v) is 4.08. The highest BCUT2D eigenvalue weighted by Gasteiger charge is 2.12. The van der Waals surface area contributed by atoms with Crippen LogP contribution in [0.5, 0.6) is 0 Å². The van der Waals surface area contributed by atoms with Gasteiger partial charge in [0.2, 0.25) is 0 Å². The molecule has 1 amide bonds. The molecular formula is C17H16N4OS. The van der Waals surface area contributed by atoms with Crippen LogP contribution >= 0.6 is 11.8 Å². The molecule has 2 aromatic carbocycles. The number of anilines is 1. The van der Waals surface area contributed by atoms with E-state index in [2.05, 4.69) is 15.6 Å². The molecule has 3 aromatic rings. The number of nitrogens with zero attached hydrogens (tertiary/aromatic N) is 3. The van der Waals surface area contributed by atoms with E-state index in [1.54, 1.807) is 22.6 Å². The second kappa shape index (κ2) is 6.66. The van der Waals surface area contributed by atoms with Gasteiger partial charge >= 0.3 is 0 Å². The maximum absolute atomic E-state index is 12.2. The number of nitrogens with one attached hydrogen (secondary N) is 1. The molecule has 0 saturated carbocycles. The molecule has 1 heterocycles. The van der Waals surface area contributed by atoms with Crippen molar-refractivity contribution in [2.24, 2.45) is 0 Å². The Hall–Kier alpha value is -2.60. The van der Waals surface area contributed by atoms with Crippen LogP contribution in [0.4, 0.5) is 5.69 Å². The van der Waals surface area contributed by atoms with Crippen molar-refractivity contribution < 1.29 is 4.79 Å². The van der Waals surface area contributed by atoms with Crippen LogP contribution in [0.15, 0.2) is 59.6 Å². The normalized spacial score (nSPS) is 10.5. The maximum atomic E-state index is 12.2. The fraction of sp³-hybridized carbons (Fsp3) is 0.118. The topological polar surface area (TPSA) is 59.8 Å². The average Bonchev–Trinajstić information content (AvgIpc) is 3.06. The molecule has 3 rings (SSSR count). The Morgan fingerprint density at radius 3 is 2.65 bits per heavy atom. The van der Waals surface area contributed by atoms with Gasteiger partial charge in [0, 0.05) is 10.6 Å². The Kier molecular flexibility index (Phi) is 4.43. The van der Waals surface area contributed by atoms with E-state index in [-0.39, 0.29) is 11.6 Å². The predicted molar refractivity (Wildman–Crippen MR) is 92.3 cm³/mol. The van der Waals surface area contributed by atoms with Gasteiger partial charge in [0.1, 0.15) is 0 Å². The highest BCUT2D eigenvalue weighted by Crippen LogP contribution is 2.18. The van der Waals surface area contributed by atoms with Gasteiger partial charge in [-0.2, -0.15) is 0 Å². The maximum Gasteiger partial charge on any atom is 0.277 e. The van der Waals surface area contributed by atoms with Crippen molar-refractivity contribution in [3.8, 4) is 5.69 Å². The van der Waals surface area contributed by atoms with E-state index in [0.29, 0.717) is 0 Å². The van der Waals surface area contributed by atoms with E-state index in [4.69, 9.17) is 0 Å². The summed E-state index contributed by atoms with van der Waals surface area (Å²) in [4.78, 5) is 13.4. The van der Waals surface area contributed by atoms with Gasteiger partial charge in [-0.3, -0.25) is 4.79 Å². The molecule has 0 saturated heterocycles. The van der Waals surface area contributed by atoms with Crippen molar-refractivity contribution in [2.45, 2.75) is 11.8 Å². The Labute approximate surface area is 138 Å². The zero-order valence-electron chi connectivity index (χ0n) is 12.9. The molecule has 6 heteroatoms. The van der Waals surface area contributed by atoms with Gasteiger partial charge in [-0.05, 0) is 55.1 Å². The highest BCUT2D eigenvalue weighted by atomic mass is 32.2. The van der Waals surface area contributed by atoms with E-state index in [0.717, 1.165) is 21.8 Å². The van der Waals surface area contributed by atoms with Crippen LogP contribution in [0.2, 0.25) is 0 Å². The Bertz CT molecular complexity index is 827. The van der Waals surface area contributed by atoms with Gasteiger partial charge in [-0.15, -0.1) is 16.9 Å². The van der Waals surface area contributed by atoms with Crippen LogP contribution in [0.1, 0.15) is 16.1 Å². The molecule has 0 unspecified atom stereocenters. The number of rotatable bonds is 4. The molecule has 0 fully saturated rings. The lowest BCUT2D eigenvalue weighted by molar-refractivity contribution is 0.102. The van der Waals surface area contributed by atoms with E-state index in [1.807, 2.05) is 61.7 Å². The number of hydrogen-bond acceptors (Lipinski definition) is 4. The zero-order chi connectivity index (χ0) is 16.2. The summed E-state index contributed by atoms with van der Waals surface area (Å²) < 4.78 is 1.60. The minimum Gasteiger partial charge on any atom is -0.321 e. The minimum atomic E-state index is -0.277. The predicted octanol–water partition coefficient (Wildman–Crippen LogP) is 3.55. The summed E-state index contributed by atoms with van der Waals surface area (Å²) in [7, 11) is 0. The summed E-state index contributed by atoms with van der Waals surface area (Å²) in [6.45, 7) is 2.01. The minimum absolute atomic E-state index is 0.277. The number of benzene rings is 2. The first-order valence-electron chi connectivity index (χ1n) is 7.10. The molecule has 0 bridgehead atoms. The van der Waals surface area contributed by atoms with Gasteiger partial charge in [0.25, 0.3) is 5.91 Å². The van der Waals surface area contributed by atoms with Crippen LogP contribution < -0.4 is 5.32 Å². The summed E-state index contributed by atoms with van der Waals surface area (Å²) in [6.07, 6.45) is 3.64. The highest BCUT2D eigenvalue weighted by molar-refractivity contribution is 7.98. The lowest BCUT2D eigenvalue weighted by Gasteiger charge is -2.03. The summed E-state index contributed by atoms with van der Waals surface area (Å²) in [5.41, 5.74) is 3.01. The first-order valence-corrected chi connectivity index (χ1v) is 8.33. The standard InChI is InChI=1S/C17H16N4OS/c1-12-4-3-5-14(10-12)21-11-16(19-20-21)17(22)18-13-6-8-15(23-2)9-7-13/h3-11H,1-2H3,(H,18,22). The van der Waals surface area contributed by atoms with E-state index < -0.39 is 0 Å². The number of aromatic nitrogens is 3. The molecule has 0 aliphatic rings. The number of amides is 1. The fourth-order valence-corrected chi connectivity index (χ4v) is 2.54. The van der Waals surface area contributed by atoms with Crippen LogP contribution in [-0.4, -0.2) is 27.2 Å². The van der Waals surface area contributed by atoms with Crippen molar-refractivity contribution in [1.29, 1.82) is 0 Å². The SMILES string of the molecule is CSc1ccc(NC(=O)c2cn(-c3cccc(C)c3)nn2)cc1. The van der Waals surface area contributed by atoms with E-state index >= 15 is 0 Å². The first-order chi connectivity index (χ1) is 11.2. The fourth-order valence-electron chi connectivity index (χ4n) is 2.13. The molecule has 0 atom stereocenters. The van der Waals surface area contributed by atoms with Crippen LogP contribution in [0, 0.1) is 6.92 Å². The molecule has 1 N–H and O–H groups in total. The number of aryl methyl sites for hydroxylation is 1. The Morgan fingerprint density at radius 2 is 1.96 bits per heavy atom. The van der Waals surface area contributed by atoms with Crippen molar-refractivity contribution in [3.63, 3.8) is 0 Å². The lowest BCUT2D eigenvalue weighted by Crippen LogP contribution is -2.12. The van der Waals surface area contributed by atoms with Gasteiger partial charge < -0.3 is 5.32 Å². The molecule has 5 nitrogen and oxygen atoms in total. The smallest absolute Gasteiger partial charge is 0.277 e. The third-order valence-electron chi connectivity index (χ3n) is 3.34. The van der Waals surface area contributed by atoms with Crippen molar-refractivity contribution in [3.05, 3.63) is 66.0 Å². The average molecular weight is 324 g/mol. The largest absolute Gasteiger partial charge is 0.321 e. The third kappa shape index (κ3) is 3.60. The van der Waals surface area contributed by atoms with Crippen LogP contribution in [0.25, 0.3) is 5.69 Å². The van der Waals surface area contributed by atoms with Gasteiger partial charge in [-0.1, -0.05) is 17.3 Å². The summed E-state index contributed by atoms with van der Waals surface area (Å²) in [5.74, 6) is -0.277. The molecule has 0 spiro atoms. The molecule has 23 heavy (non-hydrogen) atoms. The Morgan fingerprint density at radius 1 is 1.17 bits per heavy atom. The number of carbonyl (C=O) groups is 1. The summed E-state index contributed by atoms with van der Waals surface area (Å²) in [5, 5.41) is 10.8. The molecule has 1 aromatic heterocycles. The van der Waals surface area contributed by atoms with Crippen LogP contribution in [0.3, 0.4) is 0 Å². The number of thioether (sulfide) groups is 1. The molecule has 0 aliphatic heterocycles. The van der Waals surface area contributed by atoms with Crippen molar-refractivity contribution in [1.82, 2.24) is 15.0 Å². The lowest BCUT2D eigenvalue weighted by atomic mass is 10.2. The number of carbonyl (C=O) groups excluding carboxylic acids is 1. The first kappa shape index (κ1) is 15.3. The summed E-state index contributed by atoms with van der Waals surface area (Å²) in [6, 6.07) is 15.5. The Balaban J connectivity index is 1.75. The van der Waals surface area contributed by atoms with E-state index in [1.165, 1.54) is 0 Å². The van der Waals surface area contributed by atoms with Gasteiger partial charge in [0.15, 0.2) is 5.69 Å². The zero-order valence-corrected chi connectivity index (χ0v) is 13.7. The van der Waals surface area contributed by atoms with Crippen molar-refractivity contribution >= 4 is 23.4 Å². The monoisotopic (exact) mass is 324 g/mol. The quantitative estimate of drug-likeness (QED) is 0.746. The molecule has 116 valence electrons. The molecule has 0 aliphatic carbocycles. The second-order valence-electron chi connectivity index (χ2n) is 5.07. The van der Waals surface area contributed by atoms with Crippen molar-refractivity contribution in [2.75, 3.05) is 11.6 Å². The number of hydrogen-bond donors (Lipinski definition) is 1. The van der Waals surface area contributed by atoms with E-state index in [9.17, 15) is 4.79 Å². The van der Waals surface area contributed by atoms with Gasteiger partial charge in [0.05, 0.1) is 11.9 Å². The second-order valence-corrected chi connectivity index (χ2v) is 5.95. The van der Waals surface area contributed by atoms with Crippen LogP contribution in [-0.2, 0) is 0 Å². The molecular weight excluding hydrogens is 308 g/mol.